The third-order valence-electron chi connectivity index (χ3n) is 3.99. The fourth-order valence-electron chi connectivity index (χ4n) is 2.83. The molecule has 0 saturated carbocycles. The lowest BCUT2D eigenvalue weighted by atomic mass is 10.1. The fourth-order valence-corrected chi connectivity index (χ4v) is 2.83. The molecule has 2 heterocycles. The van der Waals surface area contributed by atoms with Crippen molar-refractivity contribution in [3.8, 4) is 17.0 Å². The van der Waals surface area contributed by atoms with Crippen LogP contribution in [0, 0.1) is 0 Å². The Balaban J connectivity index is 2.07. The predicted molar refractivity (Wildman–Crippen MR) is 88.7 cm³/mol. The smallest absolute Gasteiger partial charge is 0.405 e. The quantitative estimate of drug-likeness (QED) is 0.899. The lowest BCUT2D eigenvalue weighted by Crippen LogP contribution is -2.31. The van der Waals surface area contributed by atoms with Crippen molar-refractivity contribution in [2.45, 2.75) is 25.6 Å². The van der Waals surface area contributed by atoms with E-state index in [0.717, 1.165) is 19.3 Å². The Morgan fingerprint density at radius 1 is 1.12 bits per heavy atom. The Hall–Kier alpha value is -2.84. The normalized spacial score (nSPS) is 15.0. The van der Waals surface area contributed by atoms with Gasteiger partial charge in [-0.2, -0.15) is 0 Å². The van der Waals surface area contributed by atoms with Crippen LogP contribution in [0.5, 0.6) is 5.75 Å². The molecule has 1 fully saturated rings. The molecule has 1 aliphatic heterocycles. The molecule has 3 rings (SSSR count). The zero-order valence-electron chi connectivity index (χ0n) is 13.8. The maximum Gasteiger partial charge on any atom is 0.573 e. The van der Waals surface area contributed by atoms with Crippen molar-refractivity contribution in [1.29, 1.82) is 0 Å². The van der Waals surface area contributed by atoms with Gasteiger partial charge >= 0.3 is 6.36 Å². The number of carbonyl (C=O) groups is 1. The molecule has 0 spiro atoms. The van der Waals surface area contributed by atoms with Crippen molar-refractivity contribution in [3.63, 3.8) is 0 Å². The van der Waals surface area contributed by atoms with Crippen molar-refractivity contribution in [2.24, 2.45) is 5.73 Å². The van der Waals surface area contributed by atoms with Crippen molar-refractivity contribution >= 4 is 11.9 Å². The van der Waals surface area contributed by atoms with Crippen molar-refractivity contribution in [1.82, 2.24) is 9.97 Å². The molecule has 2 aromatic rings. The molecule has 9 heteroatoms. The standard InChI is InChI=1S/C17H17F3N4O2/c18-17(19,20)26-14-7-3-2-6-11(14)12-10-13(15(21)25)23-16(22-12)24-8-4-1-5-9-24/h2-3,6-7,10H,1,4-5,8-9H2,(H2,21,25). The summed E-state index contributed by atoms with van der Waals surface area (Å²) in [6, 6.07) is 6.88. The highest BCUT2D eigenvalue weighted by Gasteiger charge is 2.32. The highest BCUT2D eigenvalue weighted by molar-refractivity contribution is 5.92. The molecular formula is C17H17F3N4O2. The summed E-state index contributed by atoms with van der Waals surface area (Å²) >= 11 is 0. The van der Waals surface area contributed by atoms with E-state index >= 15 is 0 Å². The van der Waals surface area contributed by atoms with E-state index in [9.17, 15) is 18.0 Å². The summed E-state index contributed by atoms with van der Waals surface area (Å²) in [5.74, 6) is -0.905. The molecule has 0 atom stereocenters. The van der Waals surface area contributed by atoms with E-state index in [1.54, 1.807) is 6.07 Å². The fraction of sp³-hybridized carbons (Fsp3) is 0.353. The first-order valence-corrected chi connectivity index (χ1v) is 8.12. The SMILES string of the molecule is NC(=O)c1cc(-c2ccccc2OC(F)(F)F)nc(N2CCCCC2)n1. The van der Waals surface area contributed by atoms with Crippen LogP contribution in [0.3, 0.4) is 0 Å². The molecule has 138 valence electrons. The van der Waals surface area contributed by atoms with Gasteiger partial charge in [0.25, 0.3) is 5.91 Å². The van der Waals surface area contributed by atoms with Gasteiger partial charge < -0.3 is 15.4 Å². The van der Waals surface area contributed by atoms with Crippen LogP contribution in [0.2, 0.25) is 0 Å². The zero-order valence-corrected chi connectivity index (χ0v) is 13.8. The molecule has 1 aromatic heterocycles. The van der Waals surface area contributed by atoms with E-state index in [4.69, 9.17) is 5.73 Å². The van der Waals surface area contributed by atoms with Crippen LogP contribution in [-0.4, -0.2) is 35.3 Å². The molecule has 1 saturated heterocycles. The van der Waals surface area contributed by atoms with Gasteiger partial charge in [-0.3, -0.25) is 4.79 Å². The van der Waals surface area contributed by atoms with Gasteiger partial charge in [0.2, 0.25) is 5.95 Å². The van der Waals surface area contributed by atoms with Crippen LogP contribution in [0.25, 0.3) is 11.3 Å². The lowest BCUT2D eigenvalue weighted by molar-refractivity contribution is -0.274. The number of hydrogen-bond donors (Lipinski definition) is 1. The maximum atomic E-state index is 12.7. The maximum absolute atomic E-state index is 12.7. The van der Waals surface area contributed by atoms with Crippen LogP contribution >= 0.6 is 0 Å². The number of nitrogens with zero attached hydrogens (tertiary/aromatic N) is 3. The Kier molecular flexibility index (Phi) is 4.97. The molecule has 1 amide bonds. The van der Waals surface area contributed by atoms with E-state index in [0.29, 0.717) is 13.1 Å². The molecule has 0 bridgehead atoms. The van der Waals surface area contributed by atoms with E-state index in [1.165, 1.54) is 24.3 Å². The van der Waals surface area contributed by atoms with Crippen molar-refractivity contribution in [2.75, 3.05) is 18.0 Å². The number of ether oxygens (including phenoxy) is 1. The molecular weight excluding hydrogens is 349 g/mol. The minimum absolute atomic E-state index is 0.0580. The lowest BCUT2D eigenvalue weighted by Gasteiger charge is -2.27. The third-order valence-corrected chi connectivity index (χ3v) is 3.99. The molecule has 1 aliphatic rings. The zero-order chi connectivity index (χ0) is 18.7. The first-order chi connectivity index (χ1) is 12.3. The van der Waals surface area contributed by atoms with Gasteiger partial charge in [-0.1, -0.05) is 12.1 Å². The monoisotopic (exact) mass is 366 g/mol. The van der Waals surface area contributed by atoms with Gasteiger partial charge in [-0.05, 0) is 37.5 Å². The molecule has 6 nitrogen and oxygen atoms in total. The average Bonchev–Trinajstić information content (AvgIpc) is 2.61. The Morgan fingerprint density at radius 3 is 2.46 bits per heavy atom. The number of hydrogen-bond acceptors (Lipinski definition) is 5. The van der Waals surface area contributed by atoms with Crippen molar-refractivity contribution in [3.05, 3.63) is 36.0 Å². The molecule has 0 aliphatic carbocycles. The topological polar surface area (TPSA) is 81.3 Å². The van der Waals surface area contributed by atoms with E-state index < -0.39 is 18.0 Å². The van der Waals surface area contributed by atoms with Gasteiger partial charge in [-0.25, -0.2) is 9.97 Å². The largest absolute Gasteiger partial charge is 0.573 e. The summed E-state index contributed by atoms with van der Waals surface area (Å²) in [6.45, 7) is 1.42. The van der Waals surface area contributed by atoms with Crippen molar-refractivity contribution < 1.29 is 22.7 Å². The number of primary amides is 1. The van der Waals surface area contributed by atoms with Crippen LogP contribution in [0.4, 0.5) is 19.1 Å². The average molecular weight is 366 g/mol. The number of amides is 1. The number of nitrogens with two attached hydrogens (primary N) is 1. The number of para-hydroxylation sites is 1. The molecule has 1 aromatic carbocycles. The van der Waals surface area contributed by atoms with Gasteiger partial charge in [0.05, 0.1) is 5.69 Å². The van der Waals surface area contributed by atoms with E-state index in [-0.39, 0.29) is 22.9 Å². The van der Waals surface area contributed by atoms with Gasteiger partial charge in [-0.15, -0.1) is 13.2 Å². The summed E-state index contributed by atoms with van der Waals surface area (Å²) < 4.78 is 42.1. The number of piperidine rings is 1. The minimum atomic E-state index is -4.84. The second kappa shape index (κ2) is 7.19. The Labute approximate surface area is 147 Å². The van der Waals surface area contributed by atoms with E-state index in [1.807, 2.05) is 4.90 Å². The second-order valence-corrected chi connectivity index (χ2v) is 5.89. The second-order valence-electron chi connectivity index (χ2n) is 5.89. The number of rotatable bonds is 4. The molecule has 2 N–H and O–H groups in total. The summed E-state index contributed by atoms with van der Waals surface area (Å²) in [4.78, 5) is 22.1. The Morgan fingerprint density at radius 2 is 1.81 bits per heavy atom. The summed E-state index contributed by atoms with van der Waals surface area (Å²) in [7, 11) is 0. The summed E-state index contributed by atoms with van der Waals surface area (Å²) in [5.41, 5.74) is 5.53. The summed E-state index contributed by atoms with van der Waals surface area (Å²) in [6.07, 6.45) is -1.85. The minimum Gasteiger partial charge on any atom is -0.405 e. The van der Waals surface area contributed by atoms with Gasteiger partial charge in [0, 0.05) is 18.7 Å². The highest BCUT2D eigenvalue weighted by Crippen LogP contribution is 2.33. The van der Waals surface area contributed by atoms with Crippen LogP contribution < -0.4 is 15.4 Å². The number of alkyl halides is 3. The molecule has 0 unspecified atom stereocenters. The number of carbonyl (C=O) groups excluding carboxylic acids is 1. The summed E-state index contributed by atoms with van der Waals surface area (Å²) in [5, 5.41) is 0. The first kappa shape index (κ1) is 18.0. The number of anilines is 1. The number of benzene rings is 1. The third kappa shape index (κ3) is 4.22. The van der Waals surface area contributed by atoms with Crippen LogP contribution in [0.15, 0.2) is 30.3 Å². The van der Waals surface area contributed by atoms with Gasteiger partial charge in [0.1, 0.15) is 11.4 Å². The number of aromatic nitrogens is 2. The van der Waals surface area contributed by atoms with Gasteiger partial charge in [0.15, 0.2) is 0 Å². The highest BCUT2D eigenvalue weighted by atomic mass is 19.4. The molecule has 26 heavy (non-hydrogen) atoms. The van der Waals surface area contributed by atoms with Crippen LogP contribution in [0.1, 0.15) is 29.8 Å². The number of halogens is 3. The van der Waals surface area contributed by atoms with E-state index in [2.05, 4.69) is 14.7 Å². The molecule has 0 radical (unpaired) electrons. The Bertz CT molecular complexity index is 805. The predicted octanol–water partition coefficient (Wildman–Crippen LogP) is 3.13. The first-order valence-electron chi connectivity index (χ1n) is 8.12. The van der Waals surface area contributed by atoms with Crippen LogP contribution in [-0.2, 0) is 0 Å².